The molecular weight excluding hydrogens is 320 g/mol. The Morgan fingerprint density at radius 1 is 0.962 bits per heavy atom. The Hall–Kier alpha value is -0.920. The Morgan fingerprint density at radius 3 is 2.50 bits per heavy atom. The van der Waals surface area contributed by atoms with E-state index in [9.17, 15) is 9.59 Å². The summed E-state index contributed by atoms with van der Waals surface area (Å²) in [4.78, 5) is 25.0. The van der Waals surface area contributed by atoms with E-state index in [0.717, 1.165) is 48.9 Å². The van der Waals surface area contributed by atoms with Crippen molar-refractivity contribution >= 4 is 11.6 Å². The van der Waals surface area contributed by atoms with Crippen molar-refractivity contribution in [2.24, 2.45) is 51.8 Å². The van der Waals surface area contributed by atoms with E-state index in [0.29, 0.717) is 17.5 Å². The summed E-state index contributed by atoms with van der Waals surface area (Å²) in [5.74, 6) is 5.48. The minimum atomic E-state index is 0.0485. The second-order valence-electron chi connectivity index (χ2n) is 11.2. The van der Waals surface area contributed by atoms with Crippen LogP contribution in [0.15, 0.2) is 11.6 Å². The smallest absolute Gasteiger partial charge is 0.155 e. The van der Waals surface area contributed by atoms with Gasteiger partial charge in [-0.25, -0.2) is 0 Å². The summed E-state index contributed by atoms with van der Waals surface area (Å²) in [6, 6.07) is 0. The zero-order chi connectivity index (χ0) is 18.1. The van der Waals surface area contributed by atoms with Gasteiger partial charge in [0.2, 0.25) is 0 Å². The van der Waals surface area contributed by atoms with Crippen LogP contribution in [-0.2, 0) is 9.59 Å². The lowest BCUT2D eigenvalue weighted by Gasteiger charge is -2.61. The van der Waals surface area contributed by atoms with Crippen LogP contribution in [0.4, 0.5) is 0 Å². The van der Waals surface area contributed by atoms with E-state index in [1.54, 1.807) is 0 Å². The van der Waals surface area contributed by atoms with Gasteiger partial charge in [-0.3, -0.25) is 9.59 Å². The van der Waals surface area contributed by atoms with Crippen molar-refractivity contribution in [3.63, 3.8) is 0 Å². The van der Waals surface area contributed by atoms with E-state index >= 15 is 0 Å². The Balaban J connectivity index is 1.40. The summed E-state index contributed by atoms with van der Waals surface area (Å²) in [6.45, 7) is 6.89. The summed E-state index contributed by atoms with van der Waals surface area (Å²) in [5, 5.41) is 0. The zero-order valence-corrected chi connectivity index (χ0v) is 16.5. The Bertz CT molecular complexity index is 764. The van der Waals surface area contributed by atoms with E-state index < -0.39 is 0 Å². The van der Waals surface area contributed by atoms with Crippen molar-refractivity contribution in [3.05, 3.63) is 11.6 Å². The van der Waals surface area contributed by atoms with Crippen LogP contribution >= 0.6 is 0 Å². The van der Waals surface area contributed by atoms with Crippen LogP contribution in [0.25, 0.3) is 0 Å². The number of carbonyl (C=O) groups is 2. The molecule has 6 aliphatic carbocycles. The number of hydrogen-bond donors (Lipinski definition) is 0. The minimum absolute atomic E-state index is 0.0485. The molecule has 0 saturated heterocycles. The van der Waals surface area contributed by atoms with Crippen molar-refractivity contribution in [3.8, 4) is 0 Å². The van der Waals surface area contributed by atoms with Crippen molar-refractivity contribution in [1.29, 1.82) is 0 Å². The van der Waals surface area contributed by atoms with Crippen LogP contribution < -0.4 is 0 Å². The van der Waals surface area contributed by atoms with Crippen molar-refractivity contribution in [2.45, 2.75) is 72.1 Å². The maximum atomic E-state index is 13.0. The van der Waals surface area contributed by atoms with Gasteiger partial charge in [-0.05, 0) is 104 Å². The van der Waals surface area contributed by atoms with Crippen LogP contribution in [-0.4, -0.2) is 11.6 Å². The number of carbonyl (C=O) groups excluding carboxylic acids is 2. The summed E-state index contributed by atoms with van der Waals surface area (Å²) in [6.07, 6.45) is 11.4. The van der Waals surface area contributed by atoms with E-state index in [1.165, 1.54) is 37.7 Å². The maximum Gasteiger partial charge on any atom is 0.155 e. The number of fused-ring (bicyclic) bond motifs is 10. The average Bonchev–Trinajstić information content (AvgIpc) is 3.24. The van der Waals surface area contributed by atoms with Gasteiger partial charge in [0.15, 0.2) is 5.78 Å². The van der Waals surface area contributed by atoms with Crippen LogP contribution in [0.2, 0.25) is 0 Å². The molecule has 2 heteroatoms. The molecule has 0 aromatic carbocycles. The summed E-state index contributed by atoms with van der Waals surface area (Å²) >= 11 is 0. The van der Waals surface area contributed by atoms with Gasteiger partial charge in [-0.1, -0.05) is 19.4 Å². The highest BCUT2D eigenvalue weighted by Gasteiger charge is 2.83. The quantitative estimate of drug-likeness (QED) is 0.668. The summed E-state index contributed by atoms with van der Waals surface area (Å²) in [5.41, 5.74) is 2.02. The van der Waals surface area contributed by atoms with E-state index in [1.807, 2.05) is 13.0 Å². The third-order valence-electron chi connectivity index (χ3n) is 10.9. The molecule has 3 unspecified atom stereocenters. The Kier molecular flexibility index (Phi) is 2.81. The molecular formula is C24H32O2. The molecule has 0 N–H and O–H groups in total. The predicted octanol–water partition coefficient (Wildman–Crippen LogP) is 4.97. The number of ketones is 2. The fraction of sp³-hybridized carbons (Fsp3) is 0.833. The predicted molar refractivity (Wildman–Crippen MR) is 100 cm³/mol. The fourth-order valence-electron chi connectivity index (χ4n) is 9.91. The number of allylic oxidation sites excluding steroid dienone is 1. The summed E-state index contributed by atoms with van der Waals surface area (Å²) < 4.78 is 0. The first-order valence-electron chi connectivity index (χ1n) is 11.1. The lowest BCUT2D eigenvalue weighted by Crippen LogP contribution is -2.58. The number of hydrogen-bond acceptors (Lipinski definition) is 2. The number of rotatable bonds is 1. The molecule has 0 spiro atoms. The third kappa shape index (κ3) is 1.48. The van der Waals surface area contributed by atoms with Gasteiger partial charge >= 0.3 is 0 Å². The van der Waals surface area contributed by atoms with Crippen LogP contribution in [0.5, 0.6) is 0 Å². The molecule has 5 fully saturated rings. The molecule has 9 atom stereocenters. The highest BCUT2D eigenvalue weighted by Crippen LogP contribution is 2.86. The molecule has 0 aromatic rings. The Labute approximate surface area is 157 Å². The van der Waals surface area contributed by atoms with Crippen molar-refractivity contribution in [2.75, 3.05) is 0 Å². The molecule has 26 heavy (non-hydrogen) atoms. The van der Waals surface area contributed by atoms with Gasteiger partial charge < -0.3 is 0 Å². The van der Waals surface area contributed by atoms with Crippen LogP contribution in [0.3, 0.4) is 0 Å². The van der Waals surface area contributed by atoms with Crippen LogP contribution in [0.1, 0.15) is 72.1 Å². The zero-order valence-electron chi connectivity index (χ0n) is 16.5. The van der Waals surface area contributed by atoms with Crippen molar-refractivity contribution < 1.29 is 9.59 Å². The van der Waals surface area contributed by atoms with Gasteiger partial charge in [0, 0.05) is 11.8 Å². The average molecular weight is 353 g/mol. The van der Waals surface area contributed by atoms with Gasteiger partial charge in [0.05, 0.1) is 0 Å². The first-order valence-corrected chi connectivity index (χ1v) is 11.1. The maximum absolute atomic E-state index is 13.0. The van der Waals surface area contributed by atoms with E-state index in [-0.39, 0.29) is 16.2 Å². The van der Waals surface area contributed by atoms with E-state index in [2.05, 4.69) is 13.8 Å². The molecule has 0 bridgehead atoms. The van der Waals surface area contributed by atoms with Gasteiger partial charge in [0.1, 0.15) is 5.78 Å². The lowest BCUT2D eigenvalue weighted by atomic mass is 9.42. The van der Waals surface area contributed by atoms with Gasteiger partial charge in [-0.2, -0.15) is 0 Å². The largest absolute Gasteiger partial charge is 0.299 e. The highest BCUT2D eigenvalue weighted by molar-refractivity contribution is 5.91. The van der Waals surface area contributed by atoms with E-state index in [4.69, 9.17) is 0 Å². The topological polar surface area (TPSA) is 34.1 Å². The summed E-state index contributed by atoms with van der Waals surface area (Å²) in [7, 11) is 0. The SMILES string of the molecule is CC(=O)[C@@]12C3CC3C1C[C@H]1[C@H]3CCC4=CC(=O)CC[C@]4(C)[C@H]3CC[C@@]12C. The molecule has 0 radical (unpaired) electrons. The standard InChI is InChI=1S/C24H32O2/c1-13(25)24-20-11-17(20)21(24)12-19-16-5-4-14-10-15(26)6-8-22(14,2)18(16)7-9-23(19,24)3/h10,16-21H,4-9,11-12H2,1-3H3/t16-,17?,18-,19-,20?,21?,22-,23-,24+/m0/s1. The first kappa shape index (κ1) is 16.1. The van der Waals surface area contributed by atoms with Crippen LogP contribution in [0, 0.1) is 51.8 Å². The second kappa shape index (κ2) is 4.55. The molecule has 6 rings (SSSR count). The molecule has 0 heterocycles. The molecule has 2 nitrogen and oxygen atoms in total. The highest BCUT2D eigenvalue weighted by atomic mass is 16.1. The molecule has 0 amide bonds. The van der Waals surface area contributed by atoms with Gasteiger partial charge in [0.25, 0.3) is 0 Å². The Morgan fingerprint density at radius 2 is 1.73 bits per heavy atom. The molecule has 6 aliphatic rings. The van der Waals surface area contributed by atoms with Crippen molar-refractivity contribution in [1.82, 2.24) is 0 Å². The monoisotopic (exact) mass is 352 g/mol. The lowest BCUT2D eigenvalue weighted by molar-refractivity contribution is -0.159. The molecule has 140 valence electrons. The second-order valence-corrected chi connectivity index (χ2v) is 11.2. The normalized spacial score (nSPS) is 59.0. The number of Topliss-reactive ketones (excluding diaryl/α,β-unsaturated/α-hetero) is 1. The fourth-order valence-corrected chi connectivity index (χ4v) is 9.91. The minimum Gasteiger partial charge on any atom is -0.299 e. The third-order valence-corrected chi connectivity index (χ3v) is 10.9. The molecule has 0 aromatic heterocycles. The molecule has 5 saturated carbocycles. The van der Waals surface area contributed by atoms with Gasteiger partial charge in [-0.15, -0.1) is 0 Å². The molecule has 0 aliphatic heterocycles. The first-order chi connectivity index (χ1) is 12.3.